The number of carbonyl (C=O) groups is 1. The zero-order valence-electron chi connectivity index (χ0n) is 11.7. The molecule has 1 unspecified atom stereocenters. The van der Waals surface area contributed by atoms with Crippen molar-refractivity contribution in [1.82, 2.24) is 4.31 Å². The van der Waals surface area contributed by atoms with Crippen molar-refractivity contribution < 1.29 is 27.2 Å². The second-order valence-electron chi connectivity index (χ2n) is 4.11. The van der Waals surface area contributed by atoms with Gasteiger partial charge in [-0.05, 0) is 19.8 Å². The summed E-state index contributed by atoms with van der Waals surface area (Å²) in [5.41, 5.74) is 0. The maximum Gasteiger partial charge on any atom is 0.389 e. The number of rotatable bonds is 10. The second kappa shape index (κ2) is 9.24. The van der Waals surface area contributed by atoms with E-state index in [0.29, 0.717) is 6.42 Å². The fourth-order valence-electron chi connectivity index (χ4n) is 1.10. The van der Waals surface area contributed by atoms with Crippen LogP contribution in [-0.4, -0.2) is 49.8 Å². The number of unbranched alkanes of at least 4 members (excludes halogenated alkanes) is 1. The fraction of sp³-hybridized carbons (Fsp3) is 0.909. The van der Waals surface area contributed by atoms with Gasteiger partial charge in [-0.3, -0.25) is 0 Å². The molecular formula is C11H23NO6S. The number of ether oxygens (including phenoxy) is 1. The van der Waals surface area contributed by atoms with Gasteiger partial charge in [-0.1, -0.05) is 20.3 Å². The van der Waals surface area contributed by atoms with Crippen molar-refractivity contribution >= 4 is 16.3 Å². The van der Waals surface area contributed by atoms with Gasteiger partial charge in [-0.2, -0.15) is 8.42 Å². The molecule has 0 spiro atoms. The van der Waals surface area contributed by atoms with Gasteiger partial charge in [0.25, 0.3) is 0 Å². The van der Waals surface area contributed by atoms with Gasteiger partial charge in [0.1, 0.15) is 13.3 Å². The molecule has 0 aromatic carbocycles. The SMILES string of the molecule is CCCCN(COC(C)CC)S(=O)(=O)OC(=O)CO. The maximum atomic E-state index is 11.8. The molecule has 0 aromatic heterocycles. The molecule has 1 atom stereocenters. The molecule has 19 heavy (non-hydrogen) atoms. The molecule has 0 aliphatic heterocycles. The monoisotopic (exact) mass is 297 g/mol. The Morgan fingerprint density at radius 1 is 1.37 bits per heavy atom. The van der Waals surface area contributed by atoms with Crippen LogP contribution in [0.4, 0.5) is 0 Å². The molecular weight excluding hydrogens is 274 g/mol. The highest BCUT2D eigenvalue weighted by atomic mass is 32.2. The fourth-order valence-corrected chi connectivity index (χ4v) is 2.04. The first-order valence-corrected chi connectivity index (χ1v) is 7.68. The van der Waals surface area contributed by atoms with Crippen LogP contribution in [0.2, 0.25) is 0 Å². The quantitative estimate of drug-likeness (QED) is 0.595. The molecule has 7 nitrogen and oxygen atoms in total. The largest absolute Gasteiger partial charge is 0.389 e. The van der Waals surface area contributed by atoms with Crippen molar-refractivity contribution in [1.29, 1.82) is 0 Å². The van der Waals surface area contributed by atoms with E-state index in [1.165, 1.54) is 0 Å². The van der Waals surface area contributed by atoms with E-state index in [4.69, 9.17) is 9.84 Å². The van der Waals surface area contributed by atoms with Gasteiger partial charge in [0.15, 0.2) is 0 Å². The molecule has 8 heteroatoms. The predicted octanol–water partition coefficient (Wildman–Crippen LogP) is 0.641. The van der Waals surface area contributed by atoms with Gasteiger partial charge in [0, 0.05) is 6.54 Å². The minimum Gasteiger partial charge on any atom is -0.385 e. The summed E-state index contributed by atoms with van der Waals surface area (Å²) >= 11 is 0. The molecule has 114 valence electrons. The van der Waals surface area contributed by atoms with Crippen LogP contribution in [-0.2, 0) is 24.0 Å². The lowest BCUT2D eigenvalue weighted by molar-refractivity contribution is -0.137. The van der Waals surface area contributed by atoms with E-state index in [1.807, 2.05) is 20.8 Å². The maximum absolute atomic E-state index is 11.8. The van der Waals surface area contributed by atoms with Crippen molar-refractivity contribution in [3.63, 3.8) is 0 Å². The van der Waals surface area contributed by atoms with E-state index in [9.17, 15) is 13.2 Å². The summed E-state index contributed by atoms with van der Waals surface area (Å²) in [6.45, 7) is 4.71. The van der Waals surface area contributed by atoms with Crippen LogP contribution >= 0.6 is 0 Å². The Kier molecular flexibility index (Phi) is 8.90. The number of carbonyl (C=O) groups excluding carboxylic acids is 1. The summed E-state index contributed by atoms with van der Waals surface area (Å²) in [5.74, 6) is -1.20. The predicted molar refractivity (Wildman–Crippen MR) is 69.4 cm³/mol. The normalized spacial score (nSPS) is 13.5. The number of hydrogen-bond donors (Lipinski definition) is 1. The molecule has 0 aliphatic rings. The summed E-state index contributed by atoms with van der Waals surface area (Å²) < 4.78 is 34.1. The summed E-state index contributed by atoms with van der Waals surface area (Å²) in [4.78, 5) is 10.9. The standard InChI is InChI=1S/C11H23NO6S/c1-4-6-7-12(9-17-10(3)5-2)19(15,16)18-11(14)8-13/h10,13H,4-9H2,1-3H3. The van der Waals surface area contributed by atoms with Crippen LogP contribution in [0.1, 0.15) is 40.0 Å². The van der Waals surface area contributed by atoms with E-state index < -0.39 is 22.9 Å². The average molecular weight is 297 g/mol. The van der Waals surface area contributed by atoms with Crippen molar-refractivity contribution in [2.45, 2.75) is 46.1 Å². The van der Waals surface area contributed by atoms with E-state index in [2.05, 4.69) is 4.18 Å². The average Bonchev–Trinajstić information content (AvgIpc) is 2.37. The van der Waals surface area contributed by atoms with Gasteiger partial charge >= 0.3 is 16.3 Å². The van der Waals surface area contributed by atoms with Gasteiger partial charge in [0.05, 0.1) is 6.10 Å². The molecule has 0 amide bonds. The molecule has 0 rings (SSSR count). The van der Waals surface area contributed by atoms with Crippen molar-refractivity contribution in [3.8, 4) is 0 Å². The second-order valence-corrected chi connectivity index (χ2v) is 5.65. The molecule has 0 fully saturated rings. The van der Waals surface area contributed by atoms with Gasteiger partial charge in [-0.15, -0.1) is 4.31 Å². The van der Waals surface area contributed by atoms with Crippen LogP contribution in [0.25, 0.3) is 0 Å². The third kappa shape index (κ3) is 7.46. The Morgan fingerprint density at radius 3 is 2.47 bits per heavy atom. The highest BCUT2D eigenvalue weighted by molar-refractivity contribution is 7.84. The molecule has 0 aromatic rings. The smallest absolute Gasteiger partial charge is 0.385 e. The first-order valence-electron chi connectivity index (χ1n) is 6.32. The molecule has 0 saturated heterocycles. The summed E-state index contributed by atoms with van der Waals surface area (Å²) in [7, 11) is -4.21. The van der Waals surface area contributed by atoms with Gasteiger partial charge in [-0.25, -0.2) is 4.79 Å². The molecule has 1 N–H and O–H groups in total. The lowest BCUT2D eigenvalue weighted by Gasteiger charge is -2.22. The van der Waals surface area contributed by atoms with E-state index in [-0.39, 0.29) is 19.4 Å². The number of nitrogens with zero attached hydrogens (tertiary/aromatic N) is 1. The van der Waals surface area contributed by atoms with E-state index >= 15 is 0 Å². The Labute approximate surface area is 114 Å². The highest BCUT2D eigenvalue weighted by Crippen LogP contribution is 2.08. The highest BCUT2D eigenvalue weighted by Gasteiger charge is 2.26. The zero-order valence-corrected chi connectivity index (χ0v) is 12.5. The van der Waals surface area contributed by atoms with E-state index in [1.54, 1.807) is 0 Å². The van der Waals surface area contributed by atoms with Crippen LogP contribution < -0.4 is 0 Å². The number of aliphatic hydroxyl groups excluding tert-OH is 1. The van der Waals surface area contributed by atoms with Crippen molar-refractivity contribution in [3.05, 3.63) is 0 Å². The Hall–Kier alpha value is -0.700. The summed E-state index contributed by atoms with van der Waals surface area (Å²) in [6, 6.07) is 0. The number of aliphatic hydroxyl groups is 1. The van der Waals surface area contributed by atoms with Crippen LogP contribution in [0.15, 0.2) is 0 Å². The third-order valence-corrected chi connectivity index (χ3v) is 3.80. The van der Waals surface area contributed by atoms with Gasteiger partial charge in [0.2, 0.25) is 0 Å². The number of hydrogen-bond acceptors (Lipinski definition) is 6. The van der Waals surface area contributed by atoms with Crippen LogP contribution in [0.5, 0.6) is 0 Å². The minimum absolute atomic E-state index is 0.0899. The summed E-state index contributed by atoms with van der Waals surface area (Å²) in [5, 5.41) is 8.52. The lowest BCUT2D eigenvalue weighted by atomic mass is 10.3. The van der Waals surface area contributed by atoms with Crippen molar-refractivity contribution in [2.75, 3.05) is 19.9 Å². The Bertz CT molecular complexity index is 356. The topological polar surface area (TPSA) is 93.1 Å². The van der Waals surface area contributed by atoms with Crippen LogP contribution in [0.3, 0.4) is 0 Å². The third-order valence-electron chi connectivity index (χ3n) is 2.48. The van der Waals surface area contributed by atoms with E-state index in [0.717, 1.165) is 17.1 Å². The molecule has 0 bridgehead atoms. The molecule has 0 heterocycles. The minimum atomic E-state index is -4.21. The molecule has 0 saturated carbocycles. The summed E-state index contributed by atoms with van der Waals surface area (Å²) in [6.07, 6.45) is 2.08. The zero-order chi connectivity index (χ0) is 14.9. The first-order chi connectivity index (χ1) is 8.87. The lowest BCUT2D eigenvalue weighted by Crippen LogP contribution is -2.38. The molecule has 0 aliphatic carbocycles. The Morgan fingerprint density at radius 2 is 2.00 bits per heavy atom. The van der Waals surface area contributed by atoms with Crippen molar-refractivity contribution in [2.24, 2.45) is 0 Å². The first kappa shape index (κ1) is 18.3. The van der Waals surface area contributed by atoms with Gasteiger partial charge < -0.3 is 14.0 Å². The molecule has 0 radical (unpaired) electrons. The Balaban J connectivity index is 4.66. The van der Waals surface area contributed by atoms with Crippen LogP contribution in [0, 0.1) is 0 Å².